The number of carbonyl (C=O) groups is 1. The Balaban J connectivity index is 1.49. The summed E-state index contributed by atoms with van der Waals surface area (Å²) in [7, 11) is 1.55. The molecule has 1 aliphatic heterocycles. The van der Waals surface area contributed by atoms with E-state index >= 15 is 0 Å². The summed E-state index contributed by atoms with van der Waals surface area (Å²) in [6.45, 7) is 4.23. The second kappa shape index (κ2) is 9.31. The van der Waals surface area contributed by atoms with Crippen LogP contribution in [-0.2, 0) is 0 Å². The van der Waals surface area contributed by atoms with Crippen LogP contribution in [0.3, 0.4) is 0 Å². The van der Waals surface area contributed by atoms with Gasteiger partial charge >= 0.3 is 0 Å². The zero-order valence-electron chi connectivity index (χ0n) is 15.2. The molecule has 2 aromatic carbocycles. The zero-order valence-corrected chi connectivity index (χ0v) is 16.7. The molecule has 5 nitrogen and oxygen atoms in total. The molecule has 0 N–H and O–H groups in total. The van der Waals surface area contributed by atoms with Crippen molar-refractivity contribution in [2.24, 2.45) is 0 Å². The molecule has 0 radical (unpaired) electrons. The molecule has 0 spiro atoms. The topological polar surface area (TPSA) is 42.0 Å². The standard InChI is InChI=1S/C20H22Cl2N2O3/c1-26-18-7-6-15(21)14-16(18)20(25)24-10-8-23(9-11-24)12-13-27-19-5-3-2-4-17(19)22/h2-7,14H,8-13H2,1H3. The van der Waals surface area contributed by atoms with Gasteiger partial charge in [-0.05, 0) is 30.3 Å². The summed E-state index contributed by atoms with van der Waals surface area (Å²) in [6.07, 6.45) is 0. The third kappa shape index (κ3) is 5.06. The first-order valence-electron chi connectivity index (χ1n) is 8.81. The predicted octanol–water partition coefficient (Wildman–Crippen LogP) is 3.84. The minimum absolute atomic E-state index is 0.0543. The van der Waals surface area contributed by atoms with Crippen molar-refractivity contribution in [1.82, 2.24) is 9.80 Å². The maximum atomic E-state index is 12.8. The summed E-state index contributed by atoms with van der Waals surface area (Å²) in [5.41, 5.74) is 0.500. The van der Waals surface area contributed by atoms with Crippen molar-refractivity contribution in [3.05, 3.63) is 58.1 Å². The van der Waals surface area contributed by atoms with E-state index in [1.54, 1.807) is 25.3 Å². The Hall–Kier alpha value is -1.95. The Kier molecular flexibility index (Phi) is 6.83. The minimum atomic E-state index is -0.0543. The molecule has 1 amide bonds. The Morgan fingerprint density at radius 2 is 1.78 bits per heavy atom. The van der Waals surface area contributed by atoms with E-state index in [2.05, 4.69) is 4.90 Å². The van der Waals surface area contributed by atoms with Gasteiger partial charge in [0, 0.05) is 37.7 Å². The normalized spacial score (nSPS) is 14.9. The van der Waals surface area contributed by atoms with Crippen LogP contribution in [0.5, 0.6) is 11.5 Å². The number of halogens is 2. The molecular weight excluding hydrogens is 387 g/mol. The van der Waals surface area contributed by atoms with Crippen molar-refractivity contribution >= 4 is 29.1 Å². The number of hydrogen-bond acceptors (Lipinski definition) is 4. The van der Waals surface area contributed by atoms with Crippen LogP contribution in [-0.4, -0.2) is 62.1 Å². The third-order valence-corrected chi connectivity index (χ3v) is 5.10. The molecule has 3 rings (SSSR count). The molecule has 1 fully saturated rings. The van der Waals surface area contributed by atoms with Gasteiger partial charge in [0.25, 0.3) is 5.91 Å². The molecule has 27 heavy (non-hydrogen) atoms. The molecule has 0 atom stereocenters. The number of piperazine rings is 1. The Morgan fingerprint density at radius 1 is 1.04 bits per heavy atom. The van der Waals surface area contributed by atoms with Crippen molar-refractivity contribution in [3.63, 3.8) is 0 Å². The maximum Gasteiger partial charge on any atom is 0.257 e. The average molecular weight is 409 g/mol. The summed E-state index contributed by atoms with van der Waals surface area (Å²) in [5.74, 6) is 1.18. The summed E-state index contributed by atoms with van der Waals surface area (Å²) < 4.78 is 11.0. The molecule has 1 aliphatic rings. The largest absolute Gasteiger partial charge is 0.496 e. The van der Waals surface area contributed by atoms with Gasteiger partial charge in [-0.2, -0.15) is 0 Å². The fraction of sp³-hybridized carbons (Fsp3) is 0.350. The molecule has 7 heteroatoms. The number of nitrogens with zero attached hydrogens (tertiary/aromatic N) is 2. The smallest absolute Gasteiger partial charge is 0.257 e. The highest BCUT2D eigenvalue weighted by Gasteiger charge is 2.24. The molecular formula is C20H22Cl2N2O3. The minimum Gasteiger partial charge on any atom is -0.496 e. The van der Waals surface area contributed by atoms with Crippen molar-refractivity contribution in [2.75, 3.05) is 46.4 Å². The van der Waals surface area contributed by atoms with Crippen LogP contribution < -0.4 is 9.47 Å². The van der Waals surface area contributed by atoms with E-state index in [0.717, 1.165) is 19.6 Å². The lowest BCUT2D eigenvalue weighted by Crippen LogP contribution is -2.49. The quantitative estimate of drug-likeness (QED) is 0.727. The second-order valence-corrected chi connectivity index (χ2v) is 7.10. The maximum absolute atomic E-state index is 12.8. The van der Waals surface area contributed by atoms with Crippen LogP contribution in [0, 0.1) is 0 Å². The van der Waals surface area contributed by atoms with Gasteiger partial charge in [0.05, 0.1) is 17.7 Å². The number of benzene rings is 2. The molecule has 1 saturated heterocycles. The SMILES string of the molecule is COc1ccc(Cl)cc1C(=O)N1CCN(CCOc2ccccc2Cl)CC1. The van der Waals surface area contributed by atoms with E-state index in [1.807, 2.05) is 29.2 Å². The lowest BCUT2D eigenvalue weighted by atomic mass is 10.1. The number of amides is 1. The zero-order chi connectivity index (χ0) is 19.2. The van der Waals surface area contributed by atoms with Crippen molar-refractivity contribution in [3.8, 4) is 11.5 Å². The number of hydrogen-bond donors (Lipinski definition) is 0. The highest BCUT2D eigenvalue weighted by Crippen LogP contribution is 2.25. The molecule has 1 heterocycles. The molecule has 0 saturated carbocycles. The van der Waals surface area contributed by atoms with Crippen molar-refractivity contribution in [2.45, 2.75) is 0 Å². The van der Waals surface area contributed by atoms with Crippen LogP contribution >= 0.6 is 23.2 Å². The van der Waals surface area contributed by atoms with E-state index < -0.39 is 0 Å². The van der Waals surface area contributed by atoms with Gasteiger partial charge in [0.2, 0.25) is 0 Å². The molecule has 0 aromatic heterocycles. The first-order valence-corrected chi connectivity index (χ1v) is 9.56. The number of para-hydroxylation sites is 1. The summed E-state index contributed by atoms with van der Waals surface area (Å²) >= 11 is 12.1. The first kappa shape index (κ1) is 19.8. The van der Waals surface area contributed by atoms with E-state index in [1.165, 1.54) is 0 Å². The van der Waals surface area contributed by atoms with E-state index in [9.17, 15) is 4.79 Å². The van der Waals surface area contributed by atoms with Gasteiger partial charge in [-0.25, -0.2) is 0 Å². The molecule has 2 aromatic rings. The van der Waals surface area contributed by atoms with Gasteiger partial charge in [-0.15, -0.1) is 0 Å². The Morgan fingerprint density at radius 3 is 2.48 bits per heavy atom. The lowest BCUT2D eigenvalue weighted by Gasteiger charge is -2.34. The number of ether oxygens (including phenoxy) is 2. The number of methoxy groups -OCH3 is 1. The van der Waals surface area contributed by atoms with Crippen LogP contribution in [0.4, 0.5) is 0 Å². The fourth-order valence-electron chi connectivity index (χ4n) is 3.04. The van der Waals surface area contributed by atoms with Gasteiger partial charge in [0.1, 0.15) is 18.1 Å². The highest BCUT2D eigenvalue weighted by atomic mass is 35.5. The molecule has 0 bridgehead atoms. The predicted molar refractivity (Wildman–Crippen MR) is 107 cm³/mol. The lowest BCUT2D eigenvalue weighted by molar-refractivity contribution is 0.0617. The molecule has 0 aliphatic carbocycles. The van der Waals surface area contributed by atoms with E-state index in [0.29, 0.717) is 46.8 Å². The molecule has 0 unspecified atom stereocenters. The Labute approximate surface area is 169 Å². The fourth-order valence-corrected chi connectivity index (χ4v) is 3.40. The Bertz CT molecular complexity index is 793. The van der Waals surface area contributed by atoms with Crippen LogP contribution in [0.15, 0.2) is 42.5 Å². The van der Waals surface area contributed by atoms with Gasteiger partial charge in [-0.1, -0.05) is 35.3 Å². The van der Waals surface area contributed by atoms with Crippen LogP contribution in [0.2, 0.25) is 10.0 Å². The summed E-state index contributed by atoms with van der Waals surface area (Å²) in [5, 5.41) is 1.14. The van der Waals surface area contributed by atoms with Gasteiger partial charge < -0.3 is 14.4 Å². The highest BCUT2D eigenvalue weighted by molar-refractivity contribution is 6.32. The third-order valence-electron chi connectivity index (χ3n) is 4.55. The van der Waals surface area contributed by atoms with Gasteiger partial charge in [0.15, 0.2) is 0 Å². The number of carbonyl (C=O) groups excluding carboxylic acids is 1. The average Bonchev–Trinajstić information content (AvgIpc) is 2.69. The van der Waals surface area contributed by atoms with Crippen LogP contribution in [0.25, 0.3) is 0 Å². The monoisotopic (exact) mass is 408 g/mol. The van der Waals surface area contributed by atoms with Crippen molar-refractivity contribution in [1.29, 1.82) is 0 Å². The van der Waals surface area contributed by atoms with E-state index in [-0.39, 0.29) is 5.91 Å². The van der Waals surface area contributed by atoms with E-state index in [4.69, 9.17) is 32.7 Å². The summed E-state index contributed by atoms with van der Waals surface area (Å²) in [4.78, 5) is 16.9. The van der Waals surface area contributed by atoms with Crippen molar-refractivity contribution < 1.29 is 14.3 Å². The van der Waals surface area contributed by atoms with Crippen LogP contribution in [0.1, 0.15) is 10.4 Å². The first-order chi connectivity index (χ1) is 13.1. The molecule has 144 valence electrons. The van der Waals surface area contributed by atoms with Gasteiger partial charge in [-0.3, -0.25) is 9.69 Å². The second-order valence-electron chi connectivity index (χ2n) is 6.26. The number of rotatable bonds is 6. The summed E-state index contributed by atoms with van der Waals surface area (Å²) in [6, 6.07) is 12.5.